The van der Waals surface area contributed by atoms with Gasteiger partial charge in [0.05, 0.1) is 24.9 Å². The molecule has 1 aliphatic heterocycles. The fourth-order valence-electron chi connectivity index (χ4n) is 2.34. The number of ether oxygens (including phenoxy) is 2. The van der Waals surface area contributed by atoms with E-state index in [4.69, 9.17) is 15.2 Å². The number of para-hydroxylation sites is 1. The minimum Gasteiger partial charge on any atom is -0.494 e. The number of benzene rings is 1. The molecule has 1 heterocycles. The summed E-state index contributed by atoms with van der Waals surface area (Å²) in [6, 6.07) is 7.87. The first kappa shape index (κ1) is 12.4. The number of hydrogen-bond acceptors (Lipinski definition) is 3. The maximum absolute atomic E-state index is 6.29. The monoisotopic (exact) mass is 235 g/mol. The Labute approximate surface area is 103 Å². The molecule has 2 rings (SSSR count). The lowest BCUT2D eigenvalue weighted by Gasteiger charge is -2.22. The summed E-state index contributed by atoms with van der Waals surface area (Å²) in [5.41, 5.74) is 7.34. The highest BCUT2D eigenvalue weighted by Gasteiger charge is 2.29. The molecule has 0 spiro atoms. The molecule has 0 aromatic heterocycles. The summed E-state index contributed by atoms with van der Waals surface area (Å²) < 4.78 is 11.4. The molecule has 3 unspecified atom stereocenters. The highest BCUT2D eigenvalue weighted by Crippen LogP contribution is 2.32. The van der Waals surface area contributed by atoms with E-state index in [0.717, 1.165) is 24.2 Å². The van der Waals surface area contributed by atoms with Gasteiger partial charge in [0.2, 0.25) is 0 Å². The third-order valence-corrected chi connectivity index (χ3v) is 3.24. The van der Waals surface area contributed by atoms with Gasteiger partial charge in [-0.3, -0.25) is 0 Å². The first-order chi connectivity index (χ1) is 8.22. The maximum Gasteiger partial charge on any atom is 0.124 e. The molecule has 0 radical (unpaired) electrons. The lowest BCUT2D eigenvalue weighted by molar-refractivity contribution is 0.0395. The van der Waals surface area contributed by atoms with E-state index in [0.29, 0.717) is 12.7 Å². The molecular weight excluding hydrogens is 214 g/mol. The van der Waals surface area contributed by atoms with Crippen LogP contribution >= 0.6 is 0 Å². The van der Waals surface area contributed by atoms with E-state index < -0.39 is 0 Å². The standard InChI is InChI=1S/C14H21NO2/c1-3-16-12-7-5-4-6-11(12)14(15)13-9-8-10(2)17-13/h4-7,10,13-14H,3,8-9,15H2,1-2H3. The molecule has 1 aromatic rings. The summed E-state index contributed by atoms with van der Waals surface area (Å²) in [6.45, 7) is 4.74. The Morgan fingerprint density at radius 3 is 2.82 bits per heavy atom. The van der Waals surface area contributed by atoms with Crippen molar-refractivity contribution in [3.8, 4) is 5.75 Å². The minimum absolute atomic E-state index is 0.0947. The van der Waals surface area contributed by atoms with Gasteiger partial charge in [0.15, 0.2) is 0 Å². The molecule has 3 heteroatoms. The van der Waals surface area contributed by atoms with Crippen LogP contribution in [0.1, 0.15) is 38.3 Å². The van der Waals surface area contributed by atoms with Crippen LogP contribution < -0.4 is 10.5 Å². The Bertz CT molecular complexity index is 367. The fourth-order valence-corrected chi connectivity index (χ4v) is 2.34. The first-order valence-corrected chi connectivity index (χ1v) is 6.35. The topological polar surface area (TPSA) is 44.5 Å². The number of nitrogens with two attached hydrogens (primary N) is 1. The van der Waals surface area contributed by atoms with Crippen LogP contribution in [0.15, 0.2) is 24.3 Å². The second kappa shape index (κ2) is 5.52. The van der Waals surface area contributed by atoms with E-state index in [2.05, 4.69) is 6.92 Å². The van der Waals surface area contributed by atoms with E-state index in [9.17, 15) is 0 Å². The van der Waals surface area contributed by atoms with Crippen molar-refractivity contribution >= 4 is 0 Å². The van der Waals surface area contributed by atoms with E-state index in [1.165, 1.54) is 0 Å². The van der Waals surface area contributed by atoms with Gasteiger partial charge in [-0.25, -0.2) is 0 Å². The van der Waals surface area contributed by atoms with Crippen molar-refractivity contribution in [3.63, 3.8) is 0 Å². The predicted octanol–water partition coefficient (Wildman–Crippen LogP) is 2.65. The molecule has 0 amide bonds. The van der Waals surface area contributed by atoms with Crippen LogP contribution in [0.4, 0.5) is 0 Å². The molecule has 3 nitrogen and oxygen atoms in total. The van der Waals surface area contributed by atoms with Gasteiger partial charge in [0.1, 0.15) is 5.75 Å². The Hall–Kier alpha value is -1.06. The molecule has 0 bridgehead atoms. The molecule has 0 aliphatic carbocycles. The fraction of sp³-hybridized carbons (Fsp3) is 0.571. The van der Waals surface area contributed by atoms with Gasteiger partial charge in [0, 0.05) is 5.56 Å². The van der Waals surface area contributed by atoms with Crippen LogP contribution in [0.3, 0.4) is 0 Å². The molecule has 3 atom stereocenters. The summed E-state index contributed by atoms with van der Waals surface area (Å²) in [5, 5.41) is 0. The van der Waals surface area contributed by atoms with Gasteiger partial charge in [-0.15, -0.1) is 0 Å². The highest BCUT2D eigenvalue weighted by atomic mass is 16.5. The van der Waals surface area contributed by atoms with Crippen molar-refractivity contribution in [2.24, 2.45) is 5.73 Å². The molecule has 2 N–H and O–H groups in total. The molecule has 94 valence electrons. The third kappa shape index (κ3) is 2.79. The summed E-state index contributed by atoms with van der Waals surface area (Å²) in [5.74, 6) is 0.880. The zero-order valence-corrected chi connectivity index (χ0v) is 10.6. The van der Waals surface area contributed by atoms with Crippen molar-refractivity contribution < 1.29 is 9.47 Å². The lowest BCUT2D eigenvalue weighted by atomic mass is 9.99. The summed E-state index contributed by atoms with van der Waals surface area (Å²) in [7, 11) is 0. The summed E-state index contributed by atoms with van der Waals surface area (Å²) >= 11 is 0. The van der Waals surface area contributed by atoms with Gasteiger partial charge in [-0.05, 0) is 32.8 Å². The number of rotatable bonds is 4. The number of hydrogen-bond donors (Lipinski definition) is 1. The molecule has 1 saturated heterocycles. The van der Waals surface area contributed by atoms with Crippen molar-refractivity contribution in [3.05, 3.63) is 29.8 Å². The molecule has 17 heavy (non-hydrogen) atoms. The van der Waals surface area contributed by atoms with Crippen LogP contribution in [0, 0.1) is 0 Å². The van der Waals surface area contributed by atoms with Gasteiger partial charge in [-0.1, -0.05) is 18.2 Å². The van der Waals surface area contributed by atoms with Crippen molar-refractivity contribution in [2.75, 3.05) is 6.61 Å². The molecule has 0 saturated carbocycles. The Morgan fingerprint density at radius 1 is 1.41 bits per heavy atom. The average Bonchev–Trinajstić information content (AvgIpc) is 2.76. The average molecular weight is 235 g/mol. The van der Waals surface area contributed by atoms with Crippen molar-refractivity contribution in [1.82, 2.24) is 0 Å². The van der Waals surface area contributed by atoms with E-state index >= 15 is 0 Å². The molecule has 1 aliphatic rings. The third-order valence-electron chi connectivity index (χ3n) is 3.24. The van der Waals surface area contributed by atoms with Crippen LogP contribution in [-0.2, 0) is 4.74 Å². The van der Waals surface area contributed by atoms with Crippen LogP contribution in [0.25, 0.3) is 0 Å². The zero-order chi connectivity index (χ0) is 12.3. The highest BCUT2D eigenvalue weighted by molar-refractivity contribution is 5.36. The van der Waals surface area contributed by atoms with Gasteiger partial charge < -0.3 is 15.2 Å². The SMILES string of the molecule is CCOc1ccccc1C(N)C1CCC(C)O1. The Balaban J connectivity index is 2.15. The lowest BCUT2D eigenvalue weighted by Crippen LogP contribution is -2.26. The normalized spacial score (nSPS) is 25.8. The van der Waals surface area contributed by atoms with Crippen molar-refractivity contribution in [1.29, 1.82) is 0 Å². The molecule has 1 aromatic carbocycles. The first-order valence-electron chi connectivity index (χ1n) is 6.35. The largest absolute Gasteiger partial charge is 0.494 e. The van der Waals surface area contributed by atoms with Crippen LogP contribution in [0.2, 0.25) is 0 Å². The van der Waals surface area contributed by atoms with E-state index in [1.807, 2.05) is 31.2 Å². The van der Waals surface area contributed by atoms with Gasteiger partial charge in [0.25, 0.3) is 0 Å². The maximum atomic E-state index is 6.29. The minimum atomic E-state index is -0.0947. The quantitative estimate of drug-likeness (QED) is 0.872. The van der Waals surface area contributed by atoms with E-state index in [-0.39, 0.29) is 12.1 Å². The Kier molecular flexibility index (Phi) is 4.02. The Morgan fingerprint density at radius 2 is 2.18 bits per heavy atom. The smallest absolute Gasteiger partial charge is 0.124 e. The van der Waals surface area contributed by atoms with Gasteiger partial charge in [-0.2, -0.15) is 0 Å². The second-order valence-corrected chi connectivity index (χ2v) is 4.56. The van der Waals surface area contributed by atoms with Gasteiger partial charge >= 0.3 is 0 Å². The summed E-state index contributed by atoms with van der Waals surface area (Å²) in [4.78, 5) is 0. The van der Waals surface area contributed by atoms with Crippen LogP contribution in [0.5, 0.6) is 5.75 Å². The second-order valence-electron chi connectivity index (χ2n) is 4.56. The van der Waals surface area contributed by atoms with E-state index in [1.54, 1.807) is 0 Å². The molecule has 1 fully saturated rings. The summed E-state index contributed by atoms with van der Waals surface area (Å²) in [6.07, 6.45) is 2.56. The van der Waals surface area contributed by atoms with Crippen molar-refractivity contribution in [2.45, 2.75) is 44.9 Å². The predicted molar refractivity (Wildman–Crippen MR) is 68.1 cm³/mol. The molecular formula is C14H21NO2. The zero-order valence-electron chi connectivity index (χ0n) is 10.6. The van der Waals surface area contributed by atoms with Crippen LogP contribution in [-0.4, -0.2) is 18.8 Å².